The Morgan fingerprint density at radius 2 is 1.89 bits per heavy atom. The molecule has 5 heteroatoms. The fourth-order valence-corrected chi connectivity index (χ4v) is 2.75. The molecule has 1 unspecified atom stereocenters. The van der Waals surface area contributed by atoms with Gasteiger partial charge in [0.1, 0.15) is 11.5 Å². The van der Waals surface area contributed by atoms with E-state index >= 15 is 0 Å². The minimum absolute atomic E-state index is 0.172. The van der Waals surface area contributed by atoms with Crippen LogP contribution in [0, 0.1) is 0 Å². The van der Waals surface area contributed by atoms with Crippen LogP contribution < -0.4 is 9.47 Å². The molecule has 1 aliphatic heterocycles. The van der Waals surface area contributed by atoms with Crippen LogP contribution in [0.1, 0.15) is 42.3 Å². The number of rotatable bonds is 6. The number of allylic oxidation sites excluding steroid dienone is 1. The number of fused-ring (bicyclic) bond motifs is 1. The molecule has 1 heterocycles. The van der Waals surface area contributed by atoms with Gasteiger partial charge in [0.25, 0.3) is 0 Å². The number of carbonyl (C=O) groups is 2. The normalized spacial score (nSPS) is 15.2. The van der Waals surface area contributed by atoms with Crippen molar-refractivity contribution in [1.29, 1.82) is 0 Å². The minimum atomic E-state index is -0.743. The Morgan fingerprint density at radius 3 is 2.56 bits per heavy atom. The number of aryl methyl sites for hydroxylation is 1. The predicted octanol–water partition coefficient (Wildman–Crippen LogP) is 4.20. The third-order valence-electron chi connectivity index (χ3n) is 4.26. The molecule has 0 spiro atoms. The molecule has 0 radical (unpaired) electrons. The third kappa shape index (κ3) is 4.19. The molecule has 0 saturated carbocycles. The van der Waals surface area contributed by atoms with Crippen molar-refractivity contribution in [3.05, 3.63) is 64.9 Å². The van der Waals surface area contributed by atoms with Crippen LogP contribution in [-0.2, 0) is 16.0 Å². The lowest BCUT2D eigenvalue weighted by Crippen LogP contribution is -2.26. The summed E-state index contributed by atoms with van der Waals surface area (Å²) in [5.41, 5.74) is 2.61. The number of ether oxygens (including phenoxy) is 3. The highest BCUT2D eigenvalue weighted by Gasteiger charge is 2.28. The van der Waals surface area contributed by atoms with Crippen molar-refractivity contribution in [2.45, 2.75) is 33.3 Å². The molecule has 0 N–H and O–H groups in total. The maximum absolute atomic E-state index is 12.5. The Labute approximate surface area is 158 Å². The number of benzene rings is 2. The number of hydrogen-bond donors (Lipinski definition) is 0. The van der Waals surface area contributed by atoms with E-state index in [4.69, 9.17) is 14.2 Å². The minimum Gasteiger partial charge on any atom is -0.479 e. The first kappa shape index (κ1) is 18.7. The standard InChI is InChI=1S/C22H22O5/c1-4-15-6-8-16(9-7-15)12-20-21(23)18-11-10-17(13-19(18)27-20)26-14(3)22(24)25-5-2/h6-14H,4-5H2,1-3H3/b20-12-. The van der Waals surface area contributed by atoms with Gasteiger partial charge in [0.2, 0.25) is 5.78 Å². The summed E-state index contributed by atoms with van der Waals surface area (Å²) in [6.07, 6.45) is 1.95. The highest BCUT2D eigenvalue weighted by Crippen LogP contribution is 2.35. The molecule has 0 aromatic heterocycles. The Kier molecular flexibility index (Phi) is 5.60. The van der Waals surface area contributed by atoms with Crippen molar-refractivity contribution < 1.29 is 23.8 Å². The van der Waals surface area contributed by atoms with E-state index in [1.165, 1.54) is 5.56 Å². The SMILES string of the molecule is CCOC(=O)C(C)Oc1ccc2c(c1)O/C(=C\c1ccc(CC)cc1)C2=O. The fraction of sp³-hybridized carbons (Fsp3) is 0.273. The summed E-state index contributed by atoms with van der Waals surface area (Å²) in [4.78, 5) is 24.2. The van der Waals surface area contributed by atoms with Crippen molar-refractivity contribution in [2.75, 3.05) is 6.61 Å². The fourth-order valence-electron chi connectivity index (χ4n) is 2.75. The Morgan fingerprint density at radius 1 is 1.15 bits per heavy atom. The number of esters is 1. The van der Waals surface area contributed by atoms with Crippen LogP contribution >= 0.6 is 0 Å². The molecule has 3 rings (SSSR count). The zero-order valence-electron chi connectivity index (χ0n) is 15.7. The first-order valence-corrected chi connectivity index (χ1v) is 9.02. The Balaban J connectivity index is 1.76. The van der Waals surface area contributed by atoms with E-state index < -0.39 is 12.1 Å². The first-order chi connectivity index (χ1) is 13.0. The number of carbonyl (C=O) groups excluding carboxylic acids is 2. The molecule has 0 aliphatic carbocycles. The molecule has 2 aromatic carbocycles. The second-order valence-electron chi connectivity index (χ2n) is 6.21. The second kappa shape index (κ2) is 8.08. The molecular weight excluding hydrogens is 344 g/mol. The van der Waals surface area contributed by atoms with Crippen LogP contribution in [0.3, 0.4) is 0 Å². The van der Waals surface area contributed by atoms with Crippen molar-refractivity contribution >= 4 is 17.8 Å². The lowest BCUT2D eigenvalue weighted by Gasteiger charge is -2.13. The van der Waals surface area contributed by atoms with Crippen LogP contribution in [0.2, 0.25) is 0 Å². The highest BCUT2D eigenvalue weighted by atomic mass is 16.6. The quantitative estimate of drug-likeness (QED) is 0.566. The van der Waals surface area contributed by atoms with Gasteiger partial charge in [0.05, 0.1) is 12.2 Å². The van der Waals surface area contributed by atoms with Crippen molar-refractivity contribution in [3.8, 4) is 11.5 Å². The smallest absolute Gasteiger partial charge is 0.347 e. The van der Waals surface area contributed by atoms with Gasteiger partial charge in [-0.3, -0.25) is 4.79 Å². The second-order valence-corrected chi connectivity index (χ2v) is 6.21. The zero-order valence-corrected chi connectivity index (χ0v) is 15.7. The van der Waals surface area contributed by atoms with Gasteiger partial charge in [0.15, 0.2) is 11.9 Å². The molecule has 0 bridgehead atoms. The number of Topliss-reactive ketones (excluding diaryl/α,β-unsaturated/α-hetero) is 1. The molecule has 0 saturated heterocycles. The van der Waals surface area contributed by atoms with Gasteiger partial charge in [-0.25, -0.2) is 4.79 Å². The molecule has 1 atom stereocenters. The van der Waals surface area contributed by atoms with Crippen molar-refractivity contribution in [2.24, 2.45) is 0 Å². The van der Waals surface area contributed by atoms with E-state index in [2.05, 4.69) is 6.92 Å². The first-order valence-electron chi connectivity index (χ1n) is 9.02. The summed E-state index contributed by atoms with van der Waals surface area (Å²) in [6.45, 7) is 5.74. The van der Waals surface area contributed by atoms with Crippen LogP contribution in [0.4, 0.5) is 0 Å². The molecule has 2 aromatic rings. The summed E-state index contributed by atoms with van der Waals surface area (Å²) in [5.74, 6) is 0.520. The molecule has 0 amide bonds. The van der Waals surface area contributed by atoms with Crippen LogP contribution in [-0.4, -0.2) is 24.5 Å². The lowest BCUT2D eigenvalue weighted by molar-refractivity contribution is -0.150. The lowest BCUT2D eigenvalue weighted by atomic mass is 10.1. The van der Waals surface area contributed by atoms with E-state index in [0.29, 0.717) is 23.7 Å². The maximum atomic E-state index is 12.5. The van der Waals surface area contributed by atoms with E-state index in [0.717, 1.165) is 12.0 Å². The number of hydrogen-bond acceptors (Lipinski definition) is 5. The molecule has 140 valence electrons. The number of ketones is 1. The largest absolute Gasteiger partial charge is 0.479 e. The average molecular weight is 366 g/mol. The van der Waals surface area contributed by atoms with Crippen molar-refractivity contribution in [1.82, 2.24) is 0 Å². The molecule has 0 fully saturated rings. The summed E-state index contributed by atoms with van der Waals surface area (Å²) < 4.78 is 16.2. The van der Waals surface area contributed by atoms with Gasteiger partial charge < -0.3 is 14.2 Å². The van der Waals surface area contributed by atoms with E-state index in [-0.39, 0.29) is 11.5 Å². The summed E-state index contributed by atoms with van der Waals surface area (Å²) in [6, 6.07) is 12.9. The summed E-state index contributed by atoms with van der Waals surface area (Å²) in [7, 11) is 0. The summed E-state index contributed by atoms with van der Waals surface area (Å²) >= 11 is 0. The van der Waals surface area contributed by atoms with Gasteiger partial charge in [0, 0.05) is 6.07 Å². The topological polar surface area (TPSA) is 61.8 Å². The van der Waals surface area contributed by atoms with E-state index in [9.17, 15) is 9.59 Å². The third-order valence-corrected chi connectivity index (χ3v) is 4.26. The molecule has 1 aliphatic rings. The average Bonchev–Trinajstić information content (AvgIpc) is 2.97. The van der Waals surface area contributed by atoms with E-state index in [1.807, 2.05) is 24.3 Å². The highest BCUT2D eigenvalue weighted by molar-refractivity contribution is 6.14. The van der Waals surface area contributed by atoms with Gasteiger partial charge in [-0.15, -0.1) is 0 Å². The predicted molar refractivity (Wildman–Crippen MR) is 102 cm³/mol. The van der Waals surface area contributed by atoms with Crippen LogP contribution in [0.15, 0.2) is 48.2 Å². The monoisotopic (exact) mass is 366 g/mol. The molecular formula is C22H22O5. The zero-order chi connectivity index (χ0) is 19.4. The van der Waals surface area contributed by atoms with Crippen LogP contribution in [0.25, 0.3) is 6.08 Å². The van der Waals surface area contributed by atoms with Gasteiger partial charge in [-0.1, -0.05) is 31.2 Å². The van der Waals surface area contributed by atoms with Gasteiger partial charge in [-0.05, 0) is 49.6 Å². The summed E-state index contributed by atoms with van der Waals surface area (Å²) in [5, 5.41) is 0. The Bertz CT molecular complexity index is 880. The molecule has 27 heavy (non-hydrogen) atoms. The van der Waals surface area contributed by atoms with Gasteiger partial charge in [-0.2, -0.15) is 0 Å². The Hall–Kier alpha value is -3.08. The maximum Gasteiger partial charge on any atom is 0.347 e. The van der Waals surface area contributed by atoms with Gasteiger partial charge >= 0.3 is 5.97 Å². The molecule has 5 nitrogen and oxygen atoms in total. The van der Waals surface area contributed by atoms with Crippen LogP contribution in [0.5, 0.6) is 11.5 Å². The van der Waals surface area contributed by atoms with Crippen molar-refractivity contribution in [3.63, 3.8) is 0 Å². The van der Waals surface area contributed by atoms with E-state index in [1.54, 1.807) is 38.1 Å².